The molecule has 0 saturated carbocycles. The summed E-state index contributed by atoms with van der Waals surface area (Å²) in [6, 6.07) is 4.71. The second-order valence-electron chi connectivity index (χ2n) is 2.36. The Balaban J connectivity index is 0.00000121. The van der Waals surface area contributed by atoms with Gasteiger partial charge in [0.2, 0.25) is 0 Å². The minimum atomic E-state index is -0.0919. The molecule has 0 spiro atoms. The van der Waals surface area contributed by atoms with Crippen LogP contribution in [0.3, 0.4) is 0 Å². The van der Waals surface area contributed by atoms with Gasteiger partial charge in [-0.3, -0.25) is 0 Å². The predicted molar refractivity (Wildman–Crippen MR) is 51.1 cm³/mol. The van der Waals surface area contributed by atoms with Gasteiger partial charge < -0.3 is 15.9 Å². The number of hydrogen-bond donors (Lipinski definition) is 3. The summed E-state index contributed by atoms with van der Waals surface area (Å²) in [5.74, 6) is -0.179. The van der Waals surface area contributed by atoms with Crippen LogP contribution in [0.25, 0.3) is 0 Å². The fourth-order valence-corrected chi connectivity index (χ4v) is 0.891. The van der Waals surface area contributed by atoms with Gasteiger partial charge in [0.05, 0.1) is 0 Å². The molecule has 0 aliphatic rings. The van der Waals surface area contributed by atoms with Gasteiger partial charge in [-0.25, -0.2) is 0 Å². The summed E-state index contributed by atoms with van der Waals surface area (Å²) in [5, 5.41) is 18.0. The first kappa shape index (κ1) is 11.3. The molecule has 68 valence electrons. The van der Waals surface area contributed by atoms with Crippen molar-refractivity contribution >= 4 is 17.1 Å². The molecule has 0 saturated heterocycles. The molecule has 1 aromatic carbocycles. The number of aromatic hydroxyl groups is 2. The van der Waals surface area contributed by atoms with E-state index >= 15 is 0 Å². The van der Waals surface area contributed by atoms with E-state index in [4.69, 9.17) is 15.9 Å². The average molecular weight is 234 g/mol. The van der Waals surface area contributed by atoms with Gasteiger partial charge in [0.25, 0.3) is 0 Å². The summed E-state index contributed by atoms with van der Waals surface area (Å²) >= 11 is 0. The molecular weight excluding hydrogens is 221 g/mol. The molecule has 1 aromatic rings. The summed E-state index contributed by atoms with van der Waals surface area (Å²) in [5.41, 5.74) is 6.24. The SMILES string of the molecule is NCCc1ccc(O)c(O)c1.[SeH2]. The maximum absolute atomic E-state index is 9.04. The van der Waals surface area contributed by atoms with Crippen molar-refractivity contribution in [2.45, 2.75) is 6.42 Å². The third-order valence-electron chi connectivity index (χ3n) is 1.47. The Labute approximate surface area is 81.7 Å². The predicted octanol–water partition coefficient (Wildman–Crippen LogP) is -0.317. The van der Waals surface area contributed by atoms with E-state index in [0.29, 0.717) is 13.0 Å². The monoisotopic (exact) mass is 235 g/mol. The standard InChI is InChI=1S/C8H11NO2.H2Se/c9-4-3-6-1-2-7(10)8(11)5-6;/h1-2,5,10-11H,3-4,9H2;1H2. The number of hydrogen-bond acceptors (Lipinski definition) is 3. The van der Waals surface area contributed by atoms with Crippen LogP contribution in [0.4, 0.5) is 0 Å². The Kier molecular flexibility index (Phi) is 4.74. The van der Waals surface area contributed by atoms with E-state index in [2.05, 4.69) is 0 Å². The molecule has 0 radical (unpaired) electrons. The summed E-state index contributed by atoms with van der Waals surface area (Å²) < 4.78 is 0. The number of rotatable bonds is 2. The molecule has 0 heterocycles. The van der Waals surface area contributed by atoms with Crippen LogP contribution in [0.15, 0.2) is 18.2 Å². The van der Waals surface area contributed by atoms with Gasteiger partial charge in [-0.1, -0.05) is 6.07 Å². The summed E-state index contributed by atoms with van der Waals surface area (Å²) in [6.45, 7) is 0.546. The number of phenolic OH excluding ortho intramolecular Hbond substituents is 2. The molecule has 4 N–H and O–H groups in total. The van der Waals surface area contributed by atoms with E-state index in [1.54, 1.807) is 6.07 Å². The van der Waals surface area contributed by atoms with Crippen LogP contribution in [0.1, 0.15) is 5.56 Å². The average Bonchev–Trinajstić information content (AvgIpc) is 1.98. The molecule has 0 aliphatic heterocycles. The van der Waals surface area contributed by atoms with Gasteiger partial charge in [-0.15, -0.1) is 0 Å². The van der Waals surface area contributed by atoms with Crippen LogP contribution in [-0.4, -0.2) is 33.8 Å². The van der Waals surface area contributed by atoms with Crippen molar-refractivity contribution in [1.29, 1.82) is 0 Å². The molecule has 0 bridgehead atoms. The second kappa shape index (κ2) is 5.04. The van der Waals surface area contributed by atoms with Crippen molar-refractivity contribution in [3.05, 3.63) is 23.8 Å². The van der Waals surface area contributed by atoms with E-state index in [9.17, 15) is 0 Å². The second-order valence-corrected chi connectivity index (χ2v) is 2.36. The quantitative estimate of drug-likeness (QED) is 0.485. The molecular formula is C8H13NO2Se. The minimum absolute atomic E-state index is 0. The molecule has 0 aromatic heterocycles. The summed E-state index contributed by atoms with van der Waals surface area (Å²) in [6.07, 6.45) is 0.716. The van der Waals surface area contributed by atoms with Gasteiger partial charge >= 0.3 is 17.1 Å². The Morgan fingerprint density at radius 2 is 1.83 bits per heavy atom. The van der Waals surface area contributed by atoms with Crippen molar-refractivity contribution in [3.8, 4) is 11.5 Å². The summed E-state index contributed by atoms with van der Waals surface area (Å²) in [4.78, 5) is 0. The van der Waals surface area contributed by atoms with Crippen molar-refractivity contribution in [2.75, 3.05) is 6.54 Å². The fraction of sp³-hybridized carbons (Fsp3) is 0.250. The third-order valence-corrected chi connectivity index (χ3v) is 1.47. The Morgan fingerprint density at radius 3 is 2.33 bits per heavy atom. The van der Waals surface area contributed by atoms with E-state index < -0.39 is 0 Å². The van der Waals surface area contributed by atoms with E-state index in [-0.39, 0.29) is 28.6 Å². The first-order chi connectivity index (χ1) is 5.24. The van der Waals surface area contributed by atoms with Crippen LogP contribution >= 0.6 is 0 Å². The topological polar surface area (TPSA) is 66.5 Å². The Bertz CT molecular complexity index is 253. The van der Waals surface area contributed by atoms with Gasteiger partial charge in [-0.05, 0) is 30.7 Å². The fourth-order valence-electron chi connectivity index (χ4n) is 0.891. The van der Waals surface area contributed by atoms with Gasteiger partial charge in [0, 0.05) is 0 Å². The van der Waals surface area contributed by atoms with Gasteiger partial charge in [0.15, 0.2) is 11.5 Å². The van der Waals surface area contributed by atoms with Gasteiger partial charge in [-0.2, -0.15) is 0 Å². The van der Waals surface area contributed by atoms with Crippen LogP contribution in [0, 0.1) is 0 Å². The Hall–Kier alpha value is -0.701. The first-order valence-corrected chi connectivity index (χ1v) is 3.45. The van der Waals surface area contributed by atoms with E-state index in [1.165, 1.54) is 12.1 Å². The molecule has 1 rings (SSSR count). The molecule has 3 nitrogen and oxygen atoms in total. The van der Waals surface area contributed by atoms with Crippen LogP contribution in [-0.2, 0) is 6.42 Å². The Morgan fingerprint density at radius 1 is 1.17 bits per heavy atom. The number of phenols is 2. The summed E-state index contributed by atoms with van der Waals surface area (Å²) in [7, 11) is 0. The van der Waals surface area contributed by atoms with Crippen LogP contribution < -0.4 is 5.73 Å². The molecule has 12 heavy (non-hydrogen) atoms. The van der Waals surface area contributed by atoms with E-state index in [1.807, 2.05) is 0 Å². The normalized spacial score (nSPS) is 9.08. The van der Waals surface area contributed by atoms with Crippen molar-refractivity contribution in [3.63, 3.8) is 0 Å². The molecule has 0 amide bonds. The molecule has 0 unspecified atom stereocenters. The zero-order valence-corrected chi connectivity index (χ0v) is 8.72. The maximum atomic E-state index is 9.04. The van der Waals surface area contributed by atoms with E-state index in [0.717, 1.165) is 5.56 Å². The molecule has 4 heteroatoms. The van der Waals surface area contributed by atoms with Crippen molar-refractivity contribution in [1.82, 2.24) is 0 Å². The zero-order valence-electron chi connectivity index (χ0n) is 6.62. The third kappa shape index (κ3) is 2.74. The van der Waals surface area contributed by atoms with Gasteiger partial charge in [0.1, 0.15) is 0 Å². The van der Waals surface area contributed by atoms with Crippen LogP contribution in [0.5, 0.6) is 11.5 Å². The van der Waals surface area contributed by atoms with Crippen molar-refractivity contribution < 1.29 is 10.2 Å². The number of nitrogens with two attached hydrogens (primary N) is 1. The first-order valence-electron chi connectivity index (χ1n) is 3.45. The van der Waals surface area contributed by atoms with Crippen molar-refractivity contribution in [2.24, 2.45) is 5.73 Å². The molecule has 0 aliphatic carbocycles. The number of benzene rings is 1. The molecule has 0 fully saturated rings. The van der Waals surface area contributed by atoms with Crippen LogP contribution in [0.2, 0.25) is 0 Å². The molecule has 0 atom stereocenters. The zero-order chi connectivity index (χ0) is 8.27.